The third-order valence-corrected chi connectivity index (χ3v) is 9.88. The maximum Gasteiger partial charge on any atom is 0.252 e. The molecule has 4 heteroatoms. The fraction of sp³-hybridized carbons (Fsp3) is 0.0909. The number of hydrogen-bond acceptors (Lipinski definition) is 2. The van der Waals surface area contributed by atoms with Gasteiger partial charge in [-0.3, -0.25) is 0 Å². The molecule has 37 heavy (non-hydrogen) atoms. The van der Waals surface area contributed by atoms with E-state index in [1.54, 1.807) is 0 Å². The second-order valence-corrected chi connectivity index (χ2v) is 16.1. The molecule has 0 aromatic heterocycles. The van der Waals surface area contributed by atoms with Gasteiger partial charge >= 0.3 is 0 Å². The number of hydrogen-bond donors (Lipinski definition) is 0. The largest absolute Gasteiger partial charge is 0.311 e. The van der Waals surface area contributed by atoms with Crippen LogP contribution in [0.3, 0.4) is 0 Å². The van der Waals surface area contributed by atoms with E-state index in [1.165, 1.54) is 55.7 Å². The Labute approximate surface area is 220 Å². The van der Waals surface area contributed by atoms with Crippen molar-refractivity contribution in [3.05, 3.63) is 121 Å². The maximum atomic E-state index is 2.47. The minimum atomic E-state index is -1.38. The molecule has 0 bridgehead atoms. The fourth-order valence-electron chi connectivity index (χ4n) is 6.08. The molecule has 0 radical (unpaired) electrons. The van der Waals surface area contributed by atoms with Crippen molar-refractivity contribution in [2.75, 3.05) is 9.80 Å². The first kappa shape index (κ1) is 22.2. The average Bonchev–Trinajstić information content (AvgIpc) is 2.93. The Balaban J connectivity index is 1.51. The Morgan fingerprint density at radius 1 is 0.459 bits per heavy atom. The summed E-state index contributed by atoms with van der Waals surface area (Å²) in [6.45, 7) is 7.42. The SMILES string of the molecule is C[Si](C)(C)c1ccc(N2c3ccccc3B3c4ccccc4N(c4ccccc4)c4cccc2c43)cc1. The van der Waals surface area contributed by atoms with Crippen molar-refractivity contribution in [3.63, 3.8) is 0 Å². The zero-order valence-electron chi connectivity index (χ0n) is 21.5. The first-order chi connectivity index (χ1) is 18.0. The van der Waals surface area contributed by atoms with Gasteiger partial charge < -0.3 is 9.80 Å². The van der Waals surface area contributed by atoms with Crippen LogP contribution in [0, 0.1) is 0 Å². The van der Waals surface area contributed by atoms with E-state index in [9.17, 15) is 0 Å². The lowest BCUT2D eigenvalue weighted by atomic mass is 9.33. The summed E-state index contributed by atoms with van der Waals surface area (Å²) < 4.78 is 0. The van der Waals surface area contributed by atoms with Crippen LogP contribution in [0.15, 0.2) is 121 Å². The van der Waals surface area contributed by atoms with Crippen molar-refractivity contribution in [1.29, 1.82) is 0 Å². The average molecular weight is 493 g/mol. The molecule has 2 aliphatic rings. The predicted molar refractivity (Wildman–Crippen MR) is 163 cm³/mol. The Hall–Kier alpha value is -4.02. The molecule has 0 saturated heterocycles. The van der Waals surface area contributed by atoms with Crippen molar-refractivity contribution < 1.29 is 0 Å². The number of rotatable bonds is 3. The van der Waals surface area contributed by atoms with Gasteiger partial charge in [0.05, 0.1) is 8.07 Å². The highest BCUT2D eigenvalue weighted by Crippen LogP contribution is 2.43. The molecule has 2 heterocycles. The molecule has 0 fully saturated rings. The van der Waals surface area contributed by atoms with Gasteiger partial charge in [0.1, 0.15) is 0 Å². The molecule has 5 aromatic carbocycles. The van der Waals surface area contributed by atoms with Gasteiger partial charge in [0.2, 0.25) is 0 Å². The molecule has 0 spiro atoms. The van der Waals surface area contributed by atoms with Crippen molar-refractivity contribution in [2.45, 2.75) is 19.6 Å². The zero-order chi connectivity index (χ0) is 25.1. The lowest BCUT2D eigenvalue weighted by Gasteiger charge is -2.44. The molecule has 0 unspecified atom stereocenters. The van der Waals surface area contributed by atoms with Crippen LogP contribution in [0.2, 0.25) is 19.6 Å². The topological polar surface area (TPSA) is 6.48 Å². The summed E-state index contributed by atoms with van der Waals surface area (Å²) in [5, 5.41) is 1.48. The van der Waals surface area contributed by atoms with E-state index >= 15 is 0 Å². The molecular formula is C33H29BN2Si. The molecule has 7 rings (SSSR count). The Bertz CT molecular complexity index is 1620. The molecule has 2 nitrogen and oxygen atoms in total. The highest BCUT2D eigenvalue weighted by molar-refractivity contribution is 7.00. The van der Waals surface area contributed by atoms with Crippen LogP contribution in [0.5, 0.6) is 0 Å². The third-order valence-electron chi connectivity index (χ3n) is 7.81. The van der Waals surface area contributed by atoms with Gasteiger partial charge in [-0.05, 0) is 64.9 Å². The lowest BCUT2D eigenvalue weighted by Crippen LogP contribution is -2.61. The summed E-state index contributed by atoms with van der Waals surface area (Å²) in [5.41, 5.74) is 11.5. The zero-order valence-corrected chi connectivity index (χ0v) is 22.5. The molecule has 2 aliphatic heterocycles. The number of anilines is 6. The normalized spacial score (nSPS) is 13.6. The number of benzene rings is 5. The fourth-order valence-corrected chi connectivity index (χ4v) is 7.25. The molecule has 0 aliphatic carbocycles. The van der Waals surface area contributed by atoms with Crippen LogP contribution in [0.1, 0.15) is 0 Å². The van der Waals surface area contributed by atoms with E-state index in [2.05, 4.69) is 151 Å². The van der Waals surface area contributed by atoms with Crippen LogP contribution in [-0.4, -0.2) is 14.8 Å². The summed E-state index contributed by atoms with van der Waals surface area (Å²) in [6, 6.07) is 44.7. The maximum absolute atomic E-state index is 2.47. The molecule has 0 N–H and O–H groups in total. The summed E-state index contributed by atoms with van der Waals surface area (Å²) in [6.07, 6.45) is 0. The van der Waals surface area contributed by atoms with Crippen molar-refractivity contribution in [2.24, 2.45) is 0 Å². The predicted octanol–water partition coefficient (Wildman–Crippen LogP) is 6.31. The molecule has 0 atom stereocenters. The number of para-hydroxylation sites is 3. The lowest BCUT2D eigenvalue weighted by molar-refractivity contribution is 1.25. The summed E-state index contributed by atoms with van der Waals surface area (Å²) >= 11 is 0. The number of nitrogens with zero attached hydrogens (tertiary/aromatic N) is 2. The Morgan fingerprint density at radius 3 is 1.46 bits per heavy atom. The van der Waals surface area contributed by atoms with Gasteiger partial charge in [0.15, 0.2) is 0 Å². The molecular weight excluding hydrogens is 463 g/mol. The van der Waals surface area contributed by atoms with Crippen LogP contribution >= 0.6 is 0 Å². The first-order valence-electron chi connectivity index (χ1n) is 13.1. The van der Waals surface area contributed by atoms with Crippen molar-refractivity contribution in [1.82, 2.24) is 0 Å². The monoisotopic (exact) mass is 492 g/mol. The quantitative estimate of drug-likeness (QED) is 0.267. The standard InChI is InChI=1S/C33H29BN2Si/c1-37(2,3)26-22-20-25(21-23-26)36-30-17-10-8-15-28(30)34-27-14-7-9-16-29(27)35(24-12-5-4-6-13-24)31-18-11-19-32(36)33(31)34/h4-23H,1-3H3. The van der Waals surface area contributed by atoms with E-state index in [-0.39, 0.29) is 6.71 Å². The van der Waals surface area contributed by atoms with Crippen molar-refractivity contribution in [3.8, 4) is 0 Å². The number of fused-ring (bicyclic) bond motifs is 4. The van der Waals surface area contributed by atoms with Crippen LogP contribution in [-0.2, 0) is 0 Å². The van der Waals surface area contributed by atoms with E-state index in [0.29, 0.717) is 0 Å². The van der Waals surface area contributed by atoms with E-state index in [0.717, 1.165) is 0 Å². The van der Waals surface area contributed by atoms with Crippen molar-refractivity contribution >= 4 is 70.5 Å². The van der Waals surface area contributed by atoms with E-state index in [4.69, 9.17) is 0 Å². The highest BCUT2D eigenvalue weighted by Gasteiger charge is 2.42. The van der Waals surface area contributed by atoms with Gasteiger partial charge in [0.25, 0.3) is 6.71 Å². The third kappa shape index (κ3) is 3.40. The van der Waals surface area contributed by atoms with Gasteiger partial charge in [-0.2, -0.15) is 0 Å². The van der Waals surface area contributed by atoms with Crippen LogP contribution in [0.25, 0.3) is 0 Å². The Kier molecular flexibility index (Phi) is 4.95. The second kappa shape index (κ2) is 8.25. The van der Waals surface area contributed by atoms with Gasteiger partial charge in [-0.25, -0.2) is 0 Å². The first-order valence-corrected chi connectivity index (χ1v) is 16.6. The second-order valence-electron chi connectivity index (χ2n) is 11.1. The van der Waals surface area contributed by atoms with Gasteiger partial charge in [0, 0.05) is 34.1 Å². The van der Waals surface area contributed by atoms with E-state index in [1.807, 2.05) is 0 Å². The summed E-state index contributed by atoms with van der Waals surface area (Å²) in [5.74, 6) is 0. The highest BCUT2D eigenvalue weighted by atomic mass is 28.3. The smallest absolute Gasteiger partial charge is 0.252 e. The molecule has 0 amide bonds. The van der Waals surface area contributed by atoms with Crippen LogP contribution < -0.4 is 31.4 Å². The minimum Gasteiger partial charge on any atom is -0.311 e. The summed E-state index contributed by atoms with van der Waals surface area (Å²) in [4.78, 5) is 4.90. The Morgan fingerprint density at radius 2 is 0.919 bits per heavy atom. The van der Waals surface area contributed by atoms with Gasteiger partial charge in [-0.1, -0.05) is 97.6 Å². The molecule has 178 valence electrons. The molecule has 5 aromatic rings. The molecule has 0 saturated carbocycles. The van der Waals surface area contributed by atoms with Gasteiger partial charge in [-0.15, -0.1) is 0 Å². The summed E-state index contributed by atoms with van der Waals surface area (Å²) in [7, 11) is -1.38. The van der Waals surface area contributed by atoms with Crippen LogP contribution in [0.4, 0.5) is 34.1 Å². The minimum absolute atomic E-state index is 0.191. The van der Waals surface area contributed by atoms with E-state index < -0.39 is 8.07 Å².